The summed E-state index contributed by atoms with van der Waals surface area (Å²) in [6.07, 6.45) is 2.31. The predicted molar refractivity (Wildman–Crippen MR) is 105 cm³/mol. The van der Waals surface area contributed by atoms with Crippen LogP contribution >= 0.6 is 0 Å². The zero-order chi connectivity index (χ0) is 19.2. The summed E-state index contributed by atoms with van der Waals surface area (Å²) in [6, 6.07) is 15.0. The van der Waals surface area contributed by atoms with Crippen molar-refractivity contribution in [2.75, 3.05) is 26.7 Å². The van der Waals surface area contributed by atoms with E-state index in [1.54, 1.807) is 19.2 Å². The van der Waals surface area contributed by atoms with Crippen LogP contribution < -0.4 is 10.1 Å². The Bertz CT molecular complexity index is 778. The van der Waals surface area contributed by atoms with E-state index in [1.807, 2.05) is 43.3 Å². The number of amides is 1. The average molecular weight is 366 g/mol. The van der Waals surface area contributed by atoms with Gasteiger partial charge in [-0.2, -0.15) is 0 Å². The molecule has 142 valence electrons. The zero-order valence-corrected chi connectivity index (χ0v) is 15.9. The number of carbonyl (C=O) groups excluding carboxylic acids is 2. The summed E-state index contributed by atoms with van der Waals surface area (Å²) < 4.78 is 5.23. The summed E-state index contributed by atoms with van der Waals surface area (Å²) in [5.74, 6) is -0.251. The Morgan fingerprint density at radius 1 is 1.04 bits per heavy atom. The number of aryl methyl sites for hydroxylation is 1. The molecule has 1 heterocycles. The van der Waals surface area contributed by atoms with Crippen LogP contribution in [0.2, 0.25) is 0 Å². The molecule has 5 heteroatoms. The summed E-state index contributed by atoms with van der Waals surface area (Å²) in [5, 5.41) is 2.84. The lowest BCUT2D eigenvalue weighted by Crippen LogP contribution is -2.39. The molecule has 27 heavy (non-hydrogen) atoms. The summed E-state index contributed by atoms with van der Waals surface area (Å²) in [5.41, 5.74) is 2.58. The van der Waals surface area contributed by atoms with Crippen molar-refractivity contribution in [1.82, 2.24) is 10.2 Å². The molecular weight excluding hydrogens is 340 g/mol. The lowest BCUT2D eigenvalue weighted by molar-refractivity contribution is -0.117. The first kappa shape index (κ1) is 19.1. The lowest BCUT2D eigenvalue weighted by atomic mass is 10.0. The molecule has 0 spiro atoms. The van der Waals surface area contributed by atoms with Gasteiger partial charge in [-0.1, -0.05) is 42.0 Å². The van der Waals surface area contributed by atoms with Gasteiger partial charge in [-0.05, 0) is 50.6 Å². The Kier molecular flexibility index (Phi) is 6.24. The Morgan fingerprint density at radius 2 is 1.67 bits per heavy atom. The van der Waals surface area contributed by atoms with Crippen LogP contribution in [0.4, 0.5) is 0 Å². The molecule has 1 saturated heterocycles. The van der Waals surface area contributed by atoms with Gasteiger partial charge in [0.1, 0.15) is 5.75 Å². The van der Waals surface area contributed by atoms with E-state index in [9.17, 15) is 9.59 Å². The molecule has 3 rings (SSSR count). The molecule has 2 aromatic carbocycles. The number of likely N-dealkylation sites (tertiary alicyclic amines) is 1. The maximum Gasteiger partial charge on any atom is 0.292 e. The van der Waals surface area contributed by atoms with Crippen LogP contribution in [0.15, 0.2) is 48.5 Å². The van der Waals surface area contributed by atoms with Gasteiger partial charge in [0.2, 0.25) is 5.78 Å². The fourth-order valence-electron chi connectivity index (χ4n) is 3.44. The number of ether oxygens (including phenoxy) is 1. The van der Waals surface area contributed by atoms with E-state index in [1.165, 1.54) is 0 Å². The third kappa shape index (κ3) is 4.74. The molecule has 0 aromatic heterocycles. The van der Waals surface area contributed by atoms with E-state index in [2.05, 4.69) is 10.2 Å². The van der Waals surface area contributed by atoms with Gasteiger partial charge >= 0.3 is 0 Å². The third-order valence-corrected chi connectivity index (χ3v) is 5.06. The second-order valence-electron chi connectivity index (χ2n) is 6.94. The van der Waals surface area contributed by atoms with Crippen LogP contribution in [0.3, 0.4) is 0 Å². The molecule has 5 nitrogen and oxygen atoms in total. The van der Waals surface area contributed by atoms with Crippen LogP contribution in [0.1, 0.15) is 40.4 Å². The second kappa shape index (κ2) is 8.82. The maximum absolute atomic E-state index is 12.4. The topological polar surface area (TPSA) is 58.6 Å². The quantitative estimate of drug-likeness (QED) is 0.604. The Labute approximate surface area is 160 Å². The second-order valence-corrected chi connectivity index (χ2v) is 6.94. The number of hydrogen-bond acceptors (Lipinski definition) is 4. The standard InChI is InChI=1S/C22H26N2O3/c1-16-5-7-18(8-6-16)21(25)22(26)23-15-20(24-13-3-4-14-24)17-9-11-19(27-2)12-10-17/h5-12,20H,3-4,13-15H2,1-2H3,(H,23,26). The van der Waals surface area contributed by atoms with Gasteiger partial charge in [-0.15, -0.1) is 0 Å². The highest BCUT2D eigenvalue weighted by atomic mass is 16.5. The molecule has 1 aliphatic rings. The minimum atomic E-state index is -0.559. The molecule has 1 amide bonds. The zero-order valence-electron chi connectivity index (χ0n) is 15.9. The minimum absolute atomic E-state index is 0.0492. The van der Waals surface area contributed by atoms with Gasteiger partial charge in [-0.3, -0.25) is 14.5 Å². The average Bonchev–Trinajstić information content (AvgIpc) is 3.23. The maximum atomic E-state index is 12.4. The van der Waals surface area contributed by atoms with Gasteiger partial charge in [0.05, 0.1) is 13.2 Å². The molecule has 1 atom stereocenters. The molecule has 1 N–H and O–H groups in total. The summed E-state index contributed by atoms with van der Waals surface area (Å²) in [7, 11) is 1.64. The van der Waals surface area contributed by atoms with Crippen molar-refractivity contribution in [2.24, 2.45) is 0 Å². The first-order chi connectivity index (χ1) is 13.1. The Balaban J connectivity index is 1.69. The number of nitrogens with one attached hydrogen (secondary N) is 1. The van der Waals surface area contributed by atoms with Gasteiger partial charge < -0.3 is 10.1 Å². The van der Waals surface area contributed by atoms with Crippen molar-refractivity contribution in [2.45, 2.75) is 25.8 Å². The van der Waals surface area contributed by atoms with Crippen molar-refractivity contribution in [1.29, 1.82) is 0 Å². The minimum Gasteiger partial charge on any atom is -0.497 e. The molecule has 0 bridgehead atoms. The molecule has 1 fully saturated rings. The molecule has 0 saturated carbocycles. The number of benzene rings is 2. The number of Topliss-reactive ketones (excluding diaryl/α,β-unsaturated/α-hetero) is 1. The van der Waals surface area contributed by atoms with Gasteiger partial charge in [0.25, 0.3) is 5.91 Å². The molecular formula is C22H26N2O3. The van der Waals surface area contributed by atoms with Crippen LogP contribution in [-0.4, -0.2) is 43.3 Å². The molecule has 1 unspecified atom stereocenters. The summed E-state index contributed by atoms with van der Waals surface area (Å²) in [6.45, 7) is 4.35. The largest absolute Gasteiger partial charge is 0.497 e. The van der Waals surface area contributed by atoms with E-state index >= 15 is 0 Å². The first-order valence-electron chi connectivity index (χ1n) is 9.35. The van der Waals surface area contributed by atoms with E-state index < -0.39 is 11.7 Å². The SMILES string of the molecule is COc1ccc(C(CNC(=O)C(=O)c2ccc(C)cc2)N2CCCC2)cc1. The number of ketones is 1. The van der Waals surface area contributed by atoms with Gasteiger partial charge in [-0.25, -0.2) is 0 Å². The smallest absolute Gasteiger partial charge is 0.292 e. The first-order valence-corrected chi connectivity index (χ1v) is 9.35. The summed E-state index contributed by atoms with van der Waals surface area (Å²) >= 11 is 0. The number of methoxy groups -OCH3 is 1. The van der Waals surface area contributed by atoms with Crippen molar-refractivity contribution in [3.8, 4) is 5.75 Å². The van der Waals surface area contributed by atoms with Crippen LogP contribution in [0.5, 0.6) is 5.75 Å². The molecule has 0 aliphatic carbocycles. The molecule has 1 aliphatic heterocycles. The number of hydrogen-bond donors (Lipinski definition) is 1. The number of nitrogens with zero attached hydrogens (tertiary/aromatic N) is 1. The summed E-state index contributed by atoms with van der Waals surface area (Å²) in [4.78, 5) is 27.1. The van der Waals surface area contributed by atoms with E-state index in [0.29, 0.717) is 12.1 Å². The van der Waals surface area contributed by atoms with Crippen molar-refractivity contribution >= 4 is 11.7 Å². The fourth-order valence-corrected chi connectivity index (χ4v) is 3.44. The lowest BCUT2D eigenvalue weighted by Gasteiger charge is -2.28. The van der Waals surface area contributed by atoms with Gasteiger partial charge in [0, 0.05) is 12.1 Å². The molecule has 0 radical (unpaired) electrons. The molecule has 2 aromatic rings. The van der Waals surface area contributed by atoms with Crippen molar-refractivity contribution < 1.29 is 14.3 Å². The highest BCUT2D eigenvalue weighted by Crippen LogP contribution is 2.26. The normalized spacial score (nSPS) is 15.3. The highest BCUT2D eigenvalue weighted by molar-refractivity contribution is 6.42. The highest BCUT2D eigenvalue weighted by Gasteiger charge is 2.25. The van der Waals surface area contributed by atoms with Crippen LogP contribution in [0.25, 0.3) is 0 Å². The monoisotopic (exact) mass is 366 g/mol. The Hall–Kier alpha value is -2.66. The van der Waals surface area contributed by atoms with Crippen LogP contribution in [0, 0.1) is 6.92 Å². The van der Waals surface area contributed by atoms with E-state index in [0.717, 1.165) is 42.8 Å². The van der Waals surface area contributed by atoms with Crippen molar-refractivity contribution in [3.63, 3.8) is 0 Å². The van der Waals surface area contributed by atoms with Gasteiger partial charge in [0.15, 0.2) is 0 Å². The fraction of sp³-hybridized carbons (Fsp3) is 0.364. The predicted octanol–water partition coefficient (Wildman–Crippen LogP) is 3.14. The van der Waals surface area contributed by atoms with Crippen molar-refractivity contribution in [3.05, 3.63) is 65.2 Å². The third-order valence-electron chi connectivity index (χ3n) is 5.06. The Morgan fingerprint density at radius 3 is 2.26 bits per heavy atom. The number of rotatable bonds is 7. The number of carbonyl (C=O) groups is 2. The van der Waals surface area contributed by atoms with E-state index in [-0.39, 0.29) is 6.04 Å². The van der Waals surface area contributed by atoms with E-state index in [4.69, 9.17) is 4.74 Å². The van der Waals surface area contributed by atoms with Crippen LogP contribution in [-0.2, 0) is 4.79 Å².